The molecule has 0 aliphatic carbocycles. The van der Waals surface area contributed by atoms with Crippen LogP contribution >= 0.6 is 43.7 Å². The Bertz CT molecular complexity index is 242. The Morgan fingerprint density at radius 3 is 2.75 bits per heavy atom. The Labute approximate surface area is 91.7 Å². The van der Waals surface area contributed by atoms with Crippen molar-refractivity contribution < 1.29 is 0 Å². The zero-order chi connectivity index (χ0) is 8.97. The standard InChI is InChI=1S/C5H5Br2ClN4/c6-3-12(7)11-5-2-1-4(8)9-10-5/h1-2H,3H2,(H,10,11). The smallest absolute Gasteiger partial charge is 0.163 e. The summed E-state index contributed by atoms with van der Waals surface area (Å²) >= 11 is 12.0. The number of nitrogens with one attached hydrogen (secondary N) is 1. The number of hydrogen-bond acceptors (Lipinski definition) is 4. The largest absolute Gasteiger partial charge is 0.291 e. The highest BCUT2D eigenvalue weighted by molar-refractivity contribution is 9.11. The van der Waals surface area contributed by atoms with Gasteiger partial charge in [-0.3, -0.25) is 5.43 Å². The van der Waals surface area contributed by atoms with Gasteiger partial charge in [0.2, 0.25) is 0 Å². The monoisotopic (exact) mass is 314 g/mol. The van der Waals surface area contributed by atoms with Crippen molar-refractivity contribution in [3.8, 4) is 0 Å². The SMILES string of the molecule is Clc1ccc(NN(Br)CBr)nn1. The van der Waals surface area contributed by atoms with Gasteiger partial charge in [0.05, 0.1) is 5.45 Å². The molecule has 4 nitrogen and oxygen atoms in total. The van der Waals surface area contributed by atoms with Gasteiger partial charge in [-0.05, 0) is 12.1 Å². The fourth-order valence-electron chi connectivity index (χ4n) is 0.530. The molecule has 0 radical (unpaired) electrons. The van der Waals surface area contributed by atoms with Crippen LogP contribution in [0.5, 0.6) is 0 Å². The minimum Gasteiger partial charge on any atom is -0.291 e. The molecule has 7 heteroatoms. The van der Waals surface area contributed by atoms with Crippen LogP contribution in [0.25, 0.3) is 0 Å². The van der Waals surface area contributed by atoms with Gasteiger partial charge in [-0.1, -0.05) is 27.5 Å². The molecule has 0 aromatic carbocycles. The Hall–Kier alpha value is 0.0900. The molecule has 1 heterocycles. The van der Waals surface area contributed by atoms with Crippen molar-refractivity contribution in [2.24, 2.45) is 0 Å². The second kappa shape index (κ2) is 4.96. The lowest BCUT2D eigenvalue weighted by Gasteiger charge is -2.11. The molecule has 0 amide bonds. The highest BCUT2D eigenvalue weighted by atomic mass is 79.9. The lowest BCUT2D eigenvalue weighted by atomic mass is 10.5. The minimum atomic E-state index is 0.375. The van der Waals surface area contributed by atoms with Gasteiger partial charge in [-0.25, -0.2) is 0 Å². The fraction of sp³-hybridized carbons (Fsp3) is 0.200. The van der Waals surface area contributed by atoms with Crippen LogP contribution in [0.15, 0.2) is 12.1 Å². The van der Waals surface area contributed by atoms with Gasteiger partial charge in [0.25, 0.3) is 0 Å². The predicted octanol–water partition coefficient (Wildman–Crippen LogP) is 2.42. The van der Waals surface area contributed by atoms with Crippen LogP contribution in [0.3, 0.4) is 0 Å². The van der Waals surface area contributed by atoms with Gasteiger partial charge < -0.3 is 0 Å². The van der Waals surface area contributed by atoms with Crippen LogP contribution in [0.2, 0.25) is 5.15 Å². The van der Waals surface area contributed by atoms with Gasteiger partial charge in [-0.2, -0.15) is 0 Å². The molecule has 1 aromatic rings. The van der Waals surface area contributed by atoms with Gasteiger partial charge in [0.1, 0.15) is 0 Å². The van der Waals surface area contributed by atoms with E-state index >= 15 is 0 Å². The number of nitrogens with zero attached hydrogens (tertiary/aromatic N) is 3. The number of rotatable bonds is 3. The summed E-state index contributed by atoms with van der Waals surface area (Å²) < 4.78 is 1.63. The summed E-state index contributed by atoms with van der Waals surface area (Å²) in [7, 11) is 0. The Balaban J connectivity index is 2.58. The maximum absolute atomic E-state index is 5.55. The van der Waals surface area contributed by atoms with Crippen molar-refractivity contribution in [3.63, 3.8) is 0 Å². The number of halogens is 3. The summed E-state index contributed by atoms with van der Waals surface area (Å²) in [5, 5.41) is 7.81. The number of hydrazine groups is 1. The van der Waals surface area contributed by atoms with Crippen molar-refractivity contribution in [3.05, 3.63) is 17.3 Å². The molecule has 1 aromatic heterocycles. The average Bonchev–Trinajstić information content (AvgIpc) is 2.09. The van der Waals surface area contributed by atoms with E-state index in [0.717, 1.165) is 0 Å². The maximum atomic E-state index is 5.55. The molecule has 0 atom stereocenters. The zero-order valence-electron chi connectivity index (χ0n) is 5.84. The summed E-state index contributed by atoms with van der Waals surface area (Å²) in [4.78, 5) is 0. The minimum absolute atomic E-state index is 0.375. The normalized spacial score (nSPS) is 10.3. The number of alkyl halides is 1. The molecule has 66 valence electrons. The van der Waals surface area contributed by atoms with Crippen molar-refractivity contribution in [1.29, 1.82) is 0 Å². The highest BCUT2D eigenvalue weighted by Gasteiger charge is 1.98. The Kier molecular flexibility index (Phi) is 4.20. The van der Waals surface area contributed by atoms with E-state index in [2.05, 4.69) is 47.7 Å². The summed E-state index contributed by atoms with van der Waals surface area (Å²) in [6.45, 7) is 0. The third kappa shape index (κ3) is 3.22. The zero-order valence-corrected chi connectivity index (χ0v) is 9.77. The average molecular weight is 316 g/mol. The lowest BCUT2D eigenvalue weighted by Crippen LogP contribution is -2.17. The first-order valence-electron chi connectivity index (χ1n) is 2.97. The summed E-state index contributed by atoms with van der Waals surface area (Å²) in [5.41, 5.74) is 3.51. The second-order valence-electron chi connectivity index (χ2n) is 1.83. The molecule has 0 aliphatic rings. The van der Waals surface area contributed by atoms with Crippen LogP contribution in [-0.2, 0) is 0 Å². The van der Waals surface area contributed by atoms with E-state index in [1.165, 1.54) is 0 Å². The van der Waals surface area contributed by atoms with Crippen molar-refractivity contribution in [1.82, 2.24) is 14.2 Å². The molecular weight excluding hydrogens is 311 g/mol. The highest BCUT2D eigenvalue weighted by Crippen LogP contribution is 2.09. The Morgan fingerprint density at radius 1 is 1.50 bits per heavy atom. The first-order valence-corrected chi connectivity index (χ1v) is 5.18. The molecule has 0 fully saturated rings. The van der Waals surface area contributed by atoms with Gasteiger partial charge in [-0.15, -0.1) is 14.2 Å². The quantitative estimate of drug-likeness (QED) is 0.402. The molecule has 0 aliphatic heterocycles. The molecule has 0 saturated carbocycles. The molecule has 12 heavy (non-hydrogen) atoms. The number of anilines is 1. The van der Waals surface area contributed by atoms with Crippen LogP contribution in [-0.4, -0.2) is 19.7 Å². The molecule has 0 saturated heterocycles. The van der Waals surface area contributed by atoms with Crippen LogP contribution in [0.4, 0.5) is 5.82 Å². The van der Waals surface area contributed by atoms with E-state index < -0.39 is 0 Å². The number of hydrogen-bond donors (Lipinski definition) is 1. The van der Waals surface area contributed by atoms with E-state index in [-0.39, 0.29) is 0 Å². The topological polar surface area (TPSA) is 41.0 Å². The first kappa shape index (κ1) is 10.2. The van der Waals surface area contributed by atoms with E-state index in [9.17, 15) is 0 Å². The Morgan fingerprint density at radius 2 is 2.25 bits per heavy atom. The molecule has 1 N–H and O–H groups in total. The third-order valence-corrected chi connectivity index (χ3v) is 2.78. The summed E-state index contributed by atoms with van der Waals surface area (Å²) in [5.74, 6) is 0.621. The molecule has 1 rings (SSSR count). The fourth-order valence-corrected chi connectivity index (χ4v) is 0.938. The van der Waals surface area contributed by atoms with Crippen molar-refractivity contribution >= 4 is 49.5 Å². The van der Waals surface area contributed by atoms with Crippen LogP contribution < -0.4 is 5.43 Å². The van der Waals surface area contributed by atoms with Crippen LogP contribution in [0, 0.1) is 0 Å². The first-order chi connectivity index (χ1) is 5.72. The number of aromatic nitrogens is 2. The van der Waals surface area contributed by atoms with Gasteiger partial charge in [0.15, 0.2) is 11.0 Å². The molecule has 0 bridgehead atoms. The van der Waals surface area contributed by atoms with E-state index in [0.29, 0.717) is 16.4 Å². The predicted molar refractivity (Wildman–Crippen MR) is 55.2 cm³/mol. The van der Waals surface area contributed by atoms with Gasteiger partial charge >= 0.3 is 0 Å². The van der Waals surface area contributed by atoms with Crippen molar-refractivity contribution in [2.45, 2.75) is 0 Å². The second-order valence-corrected chi connectivity index (χ2v) is 3.58. The molecule has 0 spiro atoms. The lowest BCUT2D eigenvalue weighted by molar-refractivity contribution is 0.681. The van der Waals surface area contributed by atoms with Crippen molar-refractivity contribution in [2.75, 3.05) is 10.9 Å². The maximum Gasteiger partial charge on any atom is 0.163 e. The molecular formula is C5H5Br2ClN4. The van der Waals surface area contributed by atoms with Crippen LogP contribution in [0.1, 0.15) is 0 Å². The van der Waals surface area contributed by atoms with Gasteiger partial charge in [0, 0.05) is 16.1 Å². The van der Waals surface area contributed by atoms with E-state index in [1.807, 2.05) is 0 Å². The molecule has 0 unspecified atom stereocenters. The van der Waals surface area contributed by atoms with E-state index in [1.54, 1.807) is 16.2 Å². The summed E-state index contributed by atoms with van der Waals surface area (Å²) in [6.07, 6.45) is 0. The van der Waals surface area contributed by atoms with E-state index in [4.69, 9.17) is 11.6 Å². The third-order valence-electron chi connectivity index (χ3n) is 0.973. The summed E-state index contributed by atoms with van der Waals surface area (Å²) in [6, 6.07) is 3.39.